The average molecular weight is 442 g/mol. The summed E-state index contributed by atoms with van der Waals surface area (Å²) >= 11 is 0. The average Bonchev–Trinajstić information content (AvgIpc) is 2.79. The lowest BCUT2D eigenvalue weighted by Gasteiger charge is -2.34. The number of nitrogens with zero attached hydrogens (tertiary/aromatic N) is 2. The van der Waals surface area contributed by atoms with Crippen LogP contribution in [-0.2, 0) is 9.59 Å². The molecule has 0 aromatic heterocycles. The maximum absolute atomic E-state index is 13.2. The molecule has 4 rings (SSSR count). The van der Waals surface area contributed by atoms with Crippen molar-refractivity contribution in [1.29, 1.82) is 0 Å². The van der Waals surface area contributed by atoms with Crippen LogP contribution in [0, 0.1) is 5.82 Å². The lowest BCUT2D eigenvalue weighted by Crippen LogP contribution is -2.51. The van der Waals surface area contributed by atoms with E-state index in [0.29, 0.717) is 57.3 Å². The van der Waals surface area contributed by atoms with Crippen molar-refractivity contribution in [2.75, 3.05) is 57.7 Å². The number of ether oxygens (including phenoxy) is 2. The van der Waals surface area contributed by atoms with Crippen LogP contribution in [0.4, 0.5) is 10.1 Å². The molecule has 2 amide bonds. The number of rotatable bonds is 7. The first-order valence-corrected chi connectivity index (χ1v) is 10.7. The molecule has 1 unspecified atom stereocenters. The molecule has 2 aliphatic heterocycles. The van der Waals surface area contributed by atoms with Crippen LogP contribution in [0.2, 0.25) is 0 Å². The fourth-order valence-corrected chi connectivity index (χ4v) is 3.73. The number of piperazine rings is 1. The van der Waals surface area contributed by atoms with Gasteiger partial charge in [0.25, 0.3) is 0 Å². The Kier molecular flexibility index (Phi) is 7.18. The molecule has 1 fully saturated rings. The highest BCUT2D eigenvalue weighted by Crippen LogP contribution is 2.30. The number of anilines is 1. The number of hydrogen-bond acceptors (Lipinski definition) is 6. The third-order valence-corrected chi connectivity index (χ3v) is 5.40. The molecule has 2 heterocycles. The molecule has 0 bridgehead atoms. The Morgan fingerprint density at radius 2 is 1.62 bits per heavy atom. The van der Waals surface area contributed by atoms with Gasteiger partial charge in [-0.1, -0.05) is 18.2 Å². The molecule has 32 heavy (non-hydrogen) atoms. The predicted molar refractivity (Wildman–Crippen MR) is 117 cm³/mol. The second-order valence-electron chi connectivity index (χ2n) is 7.91. The Balaban J connectivity index is 1.13. The highest BCUT2D eigenvalue weighted by molar-refractivity contribution is 5.92. The molecule has 1 saturated heterocycles. The normalized spacial score (nSPS) is 18.7. The number of halogens is 1. The predicted octanol–water partition coefficient (Wildman–Crippen LogP) is 1.34. The van der Waals surface area contributed by atoms with Crippen molar-refractivity contribution in [3.63, 3.8) is 0 Å². The maximum atomic E-state index is 13.2. The molecule has 9 heteroatoms. The Morgan fingerprint density at radius 3 is 2.34 bits per heavy atom. The molecule has 2 N–H and O–H groups in total. The minimum absolute atomic E-state index is 0.0650. The summed E-state index contributed by atoms with van der Waals surface area (Å²) in [7, 11) is 0. The highest BCUT2D eigenvalue weighted by Gasteiger charge is 2.23. The van der Waals surface area contributed by atoms with Crippen molar-refractivity contribution in [2.45, 2.75) is 6.10 Å². The Labute approximate surface area is 186 Å². The summed E-state index contributed by atoms with van der Waals surface area (Å²) in [6.07, 6.45) is -0.220. The Hall–Kier alpha value is -3.17. The van der Waals surface area contributed by atoms with Gasteiger partial charge in [0, 0.05) is 31.9 Å². The summed E-state index contributed by atoms with van der Waals surface area (Å²) in [5, 5.41) is 5.62. The van der Waals surface area contributed by atoms with Crippen molar-refractivity contribution >= 4 is 17.5 Å². The van der Waals surface area contributed by atoms with Gasteiger partial charge in [0.05, 0.1) is 19.6 Å². The molecule has 0 radical (unpaired) electrons. The fourth-order valence-electron chi connectivity index (χ4n) is 3.73. The summed E-state index contributed by atoms with van der Waals surface area (Å²) in [5.74, 6) is 0.776. The lowest BCUT2D eigenvalue weighted by atomic mass is 10.2. The fraction of sp³-hybridized carbons (Fsp3) is 0.391. The molecule has 2 aromatic rings. The van der Waals surface area contributed by atoms with Crippen LogP contribution in [0.25, 0.3) is 0 Å². The van der Waals surface area contributed by atoms with Crippen LogP contribution in [0.5, 0.6) is 11.5 Å². The van der Waals surface area contributed by atoms with Gasteiger partial charge in [-0.2, -0.15) is 0 Å². The number of carbonyl (C=O) groups excluding carboxylic acids is 2. The SMILES string of the molecule is O=C(CN1CCN(CC(=O)Nc2cccc(F)c2)CC1)NCC1COc2ccccc2O1. The van der Waals surface area contributed by atoms with Crippen LogP contribution in [0.1, 0.15) is 0 Å². The monoisotopic (exact) mass is 442 g/mol. The maximum Gasteiger partial charge on any atom is 0.238 e. The van der Waals surface area contributed by atoms with Crippen LogP contribution in [0.15, 0.2) is 48.5 Å². The second-order valence-corrected chi connectivity index (χ2v) is 7.91. The van der Waals surface area contributed by atoms with Crippen LogP contribution in [-0.4, -0.2) is 80.1 Å². The first-order chi connectivity index (χ1) is 15.5. The van der Waals surface area contributed by atoms with Crippen molar-refractivity contribution < 1.29 is 23.5 Å². The number of hydrogen-bond donors (Lipinski definition) is 2. The van der Waals surface area contributed by atoms with E-state index in [0.717, 1.165) is 5.75 Å². The van der Waals surface area contributed by atoms with E-state index in [1.165, 1.54) is 12.1 Å². The van der Waals surface area contributed by atoms with E-state index in [4.69, 9.17) is 9.47 Å². The lowest BCUT2D eigenvalue weighted by molar-refractivity contribution is -0.124. The van der Waals surface area contributed by atoms with Crippen molar-refractivity contribution in [3.8, 4) is 11.5 Å². The Bertz CT molecular complexity index is 949. The molecular formula is C23H27FN4O4. The van der Waals surface area contributed by atoms with Crippen molar-refractivity contribution in [1.82, 2.24) is 15.1 Å². The molecule has 0 aliphatic carbocycles. The highest BCUT2D eigenvalue weighted by atomic mass is 19.1. The number of benzene rings is 2. The summed E-state index contributed by atoms with van der Waals surface area (Å²) in [4.78, 5) is 28.6. The van der Waals surface area contributed by atoms with Gasteiger partial charge in [-0.25, -0.2) is 4.39 Å². The quantitative estimate of drug-likeness (QED) is 0.674. The summed E-state index contributed by atoms with van der Waals surface area (Å²) in [6, 6.07) is 13.3. The zero-order valence-corrected chi connectivity index (χ0v) is 17.8. The zero-order valence-electron chi connectivity index (χ0n) is 17.8. The molecule has 170 valence electrons. The topological polar surface area (TPSA) is 83.1 Å². The van der Waals surface area contributed by atoms with Gasteiger partial charge in [0.15, 0.2) is 11.5 Å². The standard InChI is InChI=1S/C23H27FN4O4/c24-17-4-3-5-18(12-17)26-23(30)15-28-10-8-27(9-11-28)14-22(29)25-13-19-16-31-20-6-1-2-7-21(20)32-19/h1-7,12,19H,8-11,13-16H2,(H,25,29)(H,26,30). The molecule has 2 aliphatic rings. The van der Waals surface area contributed by atoms with Gasteiger partial charge in [-0.3, -0.25) is 19.4 Å². The zero-order chi connectivity index (χ0) is 22.3. The number of amides is 2. The van der Waals surface area contributed by atoms with E-state index in [-0.39, 0.29) is 30.3 Å². The molecule has 1 atom stereocenters. The van der Waals surface area contributed by atoms with Crippen molar-refractivity contribution in [3.05, 3.63) is 54.3 Å². The largest absolute Gasteiger partial charge is 0.486 e. The van der Waals surface area contributed by atoms with Gasteiger partial charge >= 0.3 is 0 Å². The first-order valence-electron chi connectivity index (χ1n) is 10.7. The second kappa shape index (κ2) is 10.4. The molecule has 0 saturated carbocycles. The number of para-hydroxylation sites is 2. The van der Waals surface area contributed by atoms with E-state index in [2.05, 4.69) is 15.5 Å². The minimum atomic E-state index is -0.387. The third-order valence-electron chi connectivity index (χ3n) is 5.40. The molecule has 0 spiro atoms. The van der Waals surface area contributed by atoms with Crippen LogP contribution < -0.4 is 20.1 Å². The van der Waals surface area contributed by atoms with Gasteiger partial charge in [-0.05, 0) is 30.3 Å². The Morgan fingerprint density at radius 1 is 0.938 bits per heavy atom. The first kappa shape index (κ1) is 22.0. The summed E-state index contributed by atoms with van der Waals surface area (Å²) in [6.45, 7) is 4.06. The van der Waals surface area contributed by atoms with Gasteiger partial charge < -0.3 is 20.1 Å². The number of nitrogens with one attached hydrogen (secondary N) is 2. The van der Waals surface area contributed by atoms with E-state index < -0.39 is 0 Å². The molecular weight excluding hydrogens is 415 g/mol. The number of fused-ring (bicyclic) bond motifs is 1. The summed E-state index contributed by atoms with van der Waals surface area (Å²) < 4.78 is 24.7. The van der Waals surface area contributed by atoms with Crippen LogP contribution in [0.3, 0.4) is 0 Å². The van der Waals surface area contributed by atoms with E-state index >= 15 is 0 Å². The molecule has 8 nitrogen and oxygen atoms in total. The van der Waals surface area contributed by atoms with Crippen molar-refractivity contribution in [2.24, 2.45) is 0 Å². The van der Waals surface area contributed by atoms with E-state index in [1.54, 1.807) is 12.1 Å². The smallest absolute Gasteiger partial charge is 0.238 e. The van der Waals surface area contributed by atoms with Crippen LogP contribution >= 0.6 is 0 Å². The van der Waals surface area contributed by atoms with Gasteiger partial charge in [0.2, 0.25) is 11.8 Å². The molecule has 2 aromatic carbocycles. The number of carbonyl (C=O) groups is 2. The van der Waals surface area contributed by atoms with E-state index in [9.17, 15) is 14.0 Å². The van der Waals surface area contributed by atoms with Gasteiger partial charge in [-0.15, -0.1) is 0 Å². The summed E-state index contributed by atoms with van der Waals surface area (Å²) in [5.41, 5.74) is 0.446. The third kappa shape index (κ3) is 6.18. The minimum Gasteiger partial charge on any atom is -0.486 e. The van der Waals surface area contributed by atoms with Gasteiger partial charge in [0.1, 0.15) is 18.5 Å². The van der Waals surface area contributed by atoms with E-state index in [1.807, 2.05) is 29.2 Å².